The van der Waals surface area contributed by atoms with Crippen molar-refractivity contribution >= 4 is 51.4 Å². The van der Waals surface area contributed by atoms with Gasteiger partial charge in [0.05, 0.1) is 33.5 Å². The van der Waals surface area contributed by atoms with E-state index in [2.05, 4.69) is 20.7 Å². The molecule has 2 aromatic heterocycles. The number of benzene rings is 1. The maximum atomic E-state index is 10.2. The third-order valence-electron chi connectivity index (χ3n) is 3.62. The molecule has 3 rings (SSSR count). The first-order chi connectivity index (χ1) is 13.8. The molecule has 0 bridgehead atoms. The van der Waals surface area contributed by atoms with E-state index in [9.17, 15) is 4.79 Å². The number of halogens is 1. The van der Waals surface area contributed by atoms with Crippen molar-refractivity contribution in [3.8, 4) is 10.6 Å². The Morgan fingerprint density at radius 2 is 1.97 bits per heavy atom. The number of nitrogens with two attached hydrogens (primary N) is 2. The molecule has 1 aromatic carbocycles. The predicted molar refractivity (Wildman–Crippen MR) is 123 cm³/mol. The zero-order valence-corrected chi connectivity index (χ0v) is 18.7. The lowest BCUT2D eigenvalue weighted by Crippen LogP contribution is -2.28. The normalized spacial score (nSPS) is 10.9. The number of hydrogen-bond donors (Lipinski definition) is 3. The summed E-state index contributed by atoms with van der Waals surface area (Å²) >= 11 is 9.05. The lowest BCUT2D eigenvalue weighted by Gasteiger charge is -2.11. The predicted octanol–water partition coefficient (Wildman–Crippen LogP) is 3.90. The quantitative estimate of drug-likeness (QED) is 0.296. The number of thiazole rings is 2. The monoisotopic (exact) mass is 450 g/mol. The van der Waals surface area contributed by atoms with Crippen LogP contribution in [0.15, 0.2) is 35.8 Å². The first-order valence-corrected chi connectivity index (χ1v) is 10.7. The Morgan fingerprint density at radius 3 is 2.48 bits per heavy atom. The van der Waals surface area contributed by atoms with E-state index in [1.54, 1.807) is 46.9 Å². The van der Waals surface area contributed by atoms with Gasteiger partial charge in [0, 0.05) is 23.7 Å². The molecule has 29 heavy (non-hydrogen) atoms. The molecule has 0 unspecified atom stereocenters. The van der Waals surface area contributed by atoms with E-state index in [4.69, 9.17) is 23.2 Å². The minimum absolute atomic E-state index is 0.105. The highest BCUT2D eigenvalue weighted by atomic mass is 35.5. The van der Waals surface area contributed by atoms with Crippen molar-refractivity contribution in [1.82, 2.24) is 15.0 Å². The molecule has 3 aromatic rings. The van der Waals surface area contributed by atoms with Gasteiger partial charge in [0.1, 0.15) is 6.29 Å². The van der Waals surface area contributed by atoms with Crippen molar-refractivity contribution in [2.75, 3.05) is 18.9 Å². The van der Waals surface area contributed by atoms with Crippen molar-refractivity contribution in [3.63, 3.8) is 0 Å². The van der Waals surface area contributed by atoms with Crippen LogP contribution in [0, 0.1) is 13.8 Å². The van der Waals surface area contributed by atoms with Crippen LogP contribution in [0.3, 0.4) is 0 Å². The molecule has 0 saturated heterocycles. The summed E-state index contributed by atoms with van der Waals surface area (Å²) in [7, 11) is 1.88. The average Bonchev–Trinajstić information content (AvgIpc) is 3.28. The smallest absolute Gasteiger partial charge is 0.182 e. The minimum Gasteiger partial charge on any atom is -0.397 e. The second-order valence-corrected chi connectivity index (χ2v) is 8.39. The summed E-state index contributed by atoms with van der Waals surface area (Å²) in [6.45, 7) is 4.15. The van der Waals surface area contributed by atoms with Gasteiger partial charge in [0.2, 0.25) is 0 Å². The molecule has 5 N–H and O–H groups in total. The van der Waals surface area contributed by atoms with E-state index < -0.39 is 0 Å². The van der Waals surface area contributed by atoms with Crippen LogP contribution in [0.1, 0.15) is 16.3 Å². The molecule has 2 heterocycles. The van der Waals surface area contributed by atoms with Crippen LogP contribution in [0.2, 0.25) is 5.02 Å². The largest absolute Gasteiger partial charge is 0.397 e. The SMILES string of the molecule is CNc1nc(-c2sc(C)nc2C)cs1.N/C(=C\N(N)CC=O)c1ccc(Cl)cc1. The number of aryl methyl sites for hydroxylation is 2. The number of hydrogen-bond acceptors (Lipinski definition) is 9. The summed E-state index contributed by atoms with van der Waals surface area (Å²) in [5, 5.41) is 9.00. The molecule has 0 aliphatic rings. The van der Waals surface area contributed by atoms with Crippen molar-refractivity contribution in [2.45, 2.75) is 13.8 Å². The Balaban J connectivity index is 0.000000207. The third-order valence-corrected chi connectivity index (χ3v) is 5.83. The number of anilines is 1. The van der Waals surface area contributed by atoms with Crippen LogP contribution < -0.4 is 16.9 Å². The third kappa shape index (κ3) is 6.82. The molecule has 0 amide bonds. The van der Waals surface area contributed by atoms with Gasteiger partial charge in [0.25, 0.3) is 0 Å². The van der Waals surface area contributed by atoms with Gasteiger partial charge >= 0.3 is 0 Å². The molecule has 7 nitrogen and oxygen atoms in total. The summed E-state index contributed by atoms with van der Waals surface area (Å²) in [6.07, 6.45) is 2.20. The van der Waals surface area contributed by atoms with Gasteiger partial charge in [-0.05, 0) is 31.5 Å². The fraction of sp³-hybridized carbons (Fsp3) is 0.211. The van der Waals surface area contributed by atoms with Crippen molar-refractivity contribution < 1.29 is 4.79 Å². The van der Waals surface area contributed by atoms with Gasteiger partial charge in [-0.25, -0.2) is 15.8 Å². The van der Waals surface area contributed by atoms with E-state index >= 15 is 0 Å². The van der Waals surface area contributed by atoms with Crippen LogP contribution in [0.5, 0.6) is 0 Å². The van der Waals surface area contributed by atoms with Crippen molar-refractivity contribution in [2.24, 2.45) is 11.6 Å². The van der Waals surface area contributed by atoms with Gasteiger partial charge in [0.15, 0.2) is 5.13 Å². The lowest BCUT2D eigenvalue weighted by molar-refractivity contribution is -0.108. The number of hydrazine groups is 1. The van der Waals surface area contributed by atoms with Crippen LogP contribution >= 0.6 is 34.3 Å². The molecule has 0 atom stereocenters. The van der Waals surface area contributed by atoms with E-state index in [0.717, 1.165) is 27.1 Å². The van der Waals surface area contributed by atoms with Crippen LogP contribution in [0.25, 0.3) is 16.3 Å². The number of carbonyl (C=O) groups excluding carboxylic acids is 1. The number of aldehydes is 1. The molecule has 0 saturated carbocycles. The molecular weight excluding hydrogens is 428 g/mol. The molecular formula is C19H23ClN6OS2. The second kappa shape index (κ2) is 10.9. The first-order valence-electron chi connectivity index (χ1n) is 8.60. The number of nitrogens with zero attached hydrogens (tertiary/aromatic N) is 3. The fourth-order valence-electron chi connectivity index (χ4n) is 2.30. The maximum absolute atomic E-state index is 10.2. The zero-order chi connectivity index (χ0) is 21.4. The van der Waals surface area contributed by atoms with E-state index in [0.29, 0.717) is 17.0 Å². The number of nitrogens with one attached hydrogen (secondary N) is 1. The Bertz CT molecular complexity index is 967. The molecule has 0 fully saturated rings. The fourth-order valence-corrected chi connectivity index (χ4v) is 4.04. The Kier molecular flexibility index (Phi) is 8.59. The van der Waals surface area contributed by atoms with Crippen LogP contribution in [-0.2, 0) is 4.79 Å². The van der Waals surface area contributed by atoms with Crippen LogP contribution in [-0.4, -0.2) is 34.9 Å². The first kappa shape index (κ1) is 22.8. The zero-order valence-electron chi connectivity index (χ0n) is 16.3. The molecule has 0 aliphatic heterocycles. The molecule has 0 spiro atoms. The lowest BCUT2D eigenvalue weighted by atomic mass is 10.2. The maximum Gasteiger partial charge on any atom is 0.182 e. The summed E-state index contributed by atoms with van der Waals surface area (Å²) in [5.41, 5.74) is 9.15. The molecule has 154 valence electrons. The molecule has 10 heteroatoms. The Hall–Kier alpha value is -2.46. The van der Waals surface area contributed by atoms with Crippen LogP contribution in [0.4, 0.5) is 5.13 Å². The highest BCUT2D eigenvalue weighted by Gasteiger charge is 2.10. The topological polar surface area (TPSA) is 110 Å². The van der Waals surface area contributed by atoms with Gasteiger partial charge in [-0.15, -0.1) is 22.7 Å². The van der Waals surface area contributed by atoms with Gasteiger partial charge < -0.3 is 20.9 Å². The van der Waals surface area contributed by atoms with Gasteiger partial charge in [-0.3, -0.25) is 0 Å². The standard InChI is InChI=1S/C10H12ClN3O.C9H11N3S2/c11-9-3-1-8(2-4-9)10(12)7-14(13)5-6-15;1-5-8(14-6(2)11-5)7-4-13-9(10-3)12-7/h1-4,6-7H,5,12-13H2;4H,1-3H3,(H,10,12)/b10-7-;. The summed E-state index contributed by atoms with van der Waals surface area (Å²) in [5.74, 6) is 5.47. The highest BCUT2D eigenvalue weighted by Crippen LogP contribution is 2.31. The summed E-state index contributed by atoms with van der Waals surface area (Å²) in [4.78, 5) is 20.2. The van der Waals surface area contributed by atoms with E-state index in [-0.39, 0.29) is 6.54 Å². The highest BCUT2D eigenvalue weighted by molar-refractivity contribution is 7.16. The van der Waals surface area contributed by atoms with E-state index in [1.165, 1.54) is 16.1 Å². The molecule has 0 aliphatic carbocycles. The number of aromatic nitrogens is 2. The van der Waals surface area contributed by atoms with Crippen molar-refractivity contribution in [3.05, 3.63) is 57.1 Å². The number of rotatable bonds is 6. The average molecular weight is 451 g/mol. The van der Waals surface area contributed by atoms with Gasteiger partial charge in [-0.2, -0.15) is 0 Å². The molecule has 0 radical (unpaired) electrons. The summed E-state index contributed by atoms with van der Waals surface area (Å²) in [6, 6.07) is 7.03. The Morgan fingerprint density at radius 1 is 1.28 bits per heavy atom. The Labute approximate surface area is 183 Å². The minimum atomic E-state index is 0.105. The summed E-state index contributed by atoms with van der Waals surface area (Å²) < 4.78 is 0. The second-order valence-electron chi connectivity index (χ2n) is 5.89. The van der Waals surface area contributed by atoms with Crippen molar-refractivity contribution in [1.29, 1.82) is 0 Å². The van der Waals surface area contributed by atoms with Gasteiger partial charge in [-0.1, -0.05) is 23.7 Å². The number of carbonyl (C=O) groups is 1. The van der Waals surface area contributed by atoms with E-state index in [1.807, 2.05) is 20.9 Å².